The number of carbonyl (C=O) groups excluding carboxylic acids is 1. The lowest BCUT2D eigenvalue weighted by molar-refractivity contribution is -0.122. The van der Waals surface area contributed by atoms with Crippen LogP contribution in [0.4, 0.5) is 0 Å². The zero-order valence-corrected chi connectivity index (χ0v) is 10.2. The first-order valence-corrected chi connectivity index (χ1v) is 6.22. The first-order chi connectivity index (χ1) is 6.76. The molecule has 0 bridgehead atoms. The van der Waals surface area contributed by atoms with Crippen molar-refractivity contribution in [1.29, 1.82) is 0 Å². The highest BCUT2D eigenvalue weighted by Gasteiger charge is 2.25. The third-order valence-electron chi connectivity index (χ3n) is 2.36. The highest BCUT2D eigenvalue weighted by molar-refractivity contribution is 9.09. The molecule has 3 nitrogen and oxygen atoms in total. The Kier molecular flexibility index (Phi) is 5.48. The Labute approximate surface area is 93.7 Å². The molecular weight excluding hydrogens is 246 g/mol. The van der Waals surface area contributed by atoms with Gasteiger partial charge in [-0.05, 0) is 25.2 Å². The molecule has 0 aromatic rings. The van der Waals surface area contributed by atoms with E-state index in [1.54, 1.807) is 7.11 Å². The van der Waals surface area contributed by atoms with E-state index in [9.17, 15) is 4.79 Å². The average molecular weight is 264 g/mol. The van der Waals surface area contributed by atoms with Gasteiger partial charge in [-0.1, -0.05) is 15.9 Å². The van der Waals surface area contributed by atoms with Crippen LogP contribution < -0.4 is 5.32 Å². The summed E-state index contributed by atoms with van der Waals surface area (Å²) in [6.45, 7) is 0.599. The predicted octanol–water partition coefficient (Wildman–Crippen LogP) is 1.70. The van der Waals surface area contributed by atoms with Crippen molar-refractivity contribution in [3.05, 3.63) is 0 Å². The van der Waals surface area contributed by atoms with Crippen molar-refractivity contribution >= 4 is 21.8 Å². The van der Waals surface area contributed by atoms with Crippen LogP contribution in [0.3, 0.4) is 0 Å². The second-order valence-corrected chi connectivity index (χ2v) is 4.64. The summed E-state index contributed by atoms with van der Waals surface area (Å²) < 4.78 is 5.04. The average Bonchev–Trinajstić information content (AvgIpc) is 2.89. The summed E-state index contributed by atoms with van der Waals surface area (Å²) in [7, 11) is 1.66. The van der Waals surface area contributed by atoms with Crippen LogP contribution in [0.25, 0.3) is 0 Å². The highest BCUT2D eigenvalue weighted by atomic mass is 79.9. The fourth-order valence-electron chi connectivity index (χ4n) is 1.40. The molecule has 0 saturated heterocycles. The zero-order chi connectivity index (χ0) is 10.4. The van der Waals surface area contributed by atoms with Gasteiger partial charge in [-0.3, -0.25) is 4.79 Å². The lowest BCUT2D eigenvalue weighted by Crippen LogP contribution is -2.38. The van der Waals surface area contributed by atoms with Gasteiger partial charge in [0.15, 0.2) is 0 Å². The lowest BCUT2D eigenvalue weighted by atomic mass is 10.2. The number of hydrogen-bond donors (Lipinski definition) is 1. The predicted molar refractivity (Wildman–Crippen MR) is 59.6 cm³/mol. The van der Waals surface area contributed by atoms with E-state index >= 15 is 0 Å². The second kappa shape index (κ2) is 6.40. The third kappa shape index (κ3) is 4.96. The first-order valence-electron chi connectivity index (χ1n) is 5.10. The summed E-state index contributed by atoms with van der Waals surface area (Å²) in [5.41, 5.74) is 0. The summed E-state index contributed by atoms with van der Waals surface area (Å²) in [6, 6.07) is 0.158. The molecular formula is C10H18BrNO2. The molecule has 1 aliphatic carbocycles. The van der Waals surface area contributed by atoms with Crippen molar-refractivity contribution in [2.75, 3.05) is 19.0 Å². The molecule has 1 aliphatic rings. The van der Waals surface area contributed by atoms with Crippen LogP contribution in [0.1, 0.15) is 25.7 Å². The third-order valence-corrected chi connectivity index (χ3v) is 2.82. The Balaban J connectivity index is 2.17. The number of rotatable bonds is 7. The largest absolute Gasteiger partial charge is 0.383 e. The molecule has 0 aromatic heterocycles. The van der Waals surface area contributed by atoms with Gasteiger partial charge in [0.25, 0.3) is 0 Å². The van der Waals surface area contributed by atoms with Crippen molar-refractivity contribution in [3.63, 3.8) is 0 Å². The number of nitrogens with one attached hydrogen (secondary N) is 1. The topological polar surface area (TPSA) is 38.3 Å². The maximum Gasteiger partial charge on any atom is 0.220 e. The molecule has 1 atom stereocenters. The van der Waals surface area contributed by atoms with Crippen LogP contribution in [0.5, 0.6) is 0 Å². The summed E-state index contributed by atoms with van der Waals surface area (Å²) in [6.07, 6.45) is 4.06. The summed E-state index contributed by atoms with van der Waals surface area (Å²) >= 11 is 3.37. The summed E-state index contributed by atoms with van der Waals surface area (Å²) in [5, 5.41) is 3.89. The van der Waals surface area contributed by atoms with E-state index in [2.05, 4.69) is 21.2 Å². The highest BCUT2D eigenvalue weighted by Crippen LogP contribution is 2.32. The maximum absolute atomic E-state index is 11.5. The summed E-state index contributed by atoms with van der Waals surface area (Å²) in [5.74, 6) is 0.831. The van der Waals surface area contributed by atoms with Gasteiger partial charge in [-0.25, -0.2) is 0 Å². The van der Waals surface area contributed by atoms with E-state index in [1.165, 1.54) is 12.8 Å². The van der Waals surface area contributed by atoms with Gasteiger partial charge in [0.1, 0.15) is 0 Å². The molecule has 0 aliphatic heterocycles. The standard InChI is InChI=1S/C10H18BrNO2/c1-14-7-9(4-5-11)12-10(13)6-8-2-3-8/h8-9H,2-7H2,1H3,(H,12,13). The fraction of sp³-hybridized carbons (Fsp3) is 0.900. The molecule has 82 valence electrons. The number of alkyl halides is 1. The van der Waals surface area contributed by atoms with E-state index in [4.69, 9.17) is 4.74 Å². The molecule has 1 unspecified atom stereocenters. The van der Waals surface area contributed by atoms with Gasteiger partial charge in [0, 0.05) is 18.9 Å². The molecule has 1 saturated carbocycles. The minimum atomic E-state index is 0.158. The zero-order valence-electron chi connectivity index (χ0n) is 8.59. The molecule has 0 aromatic carbocycles. The SMILES string of the molecule is COCC(CCBr)NC(=O)CC1CC1. The van der Waals surface area contributed by atoms with Crippen LogP contribution in [0.15, 0.2) is 0 Å². The minimum Gasteiger partial charge on any atom is -0.383 e. The Morgan fingerprint density at radius 3 is 2.86 bits per heavy atom. The van der Waals surface area contributed by atoms with Crippen molar-refractivity contribution in [3.8, 4) is 0 Å². The smallest absolute Gasteiger partial charge is 0.220 e. The molecule has 0 spiro atoms. The molecule has 1 amide bonds. The van der Waals surface area contributed by atoms with Gasteiger partial charge in [0.05, 0.1) is 12.6 Å². The van der Waals surface area contributed by atoms with Crippen molar-refractivity contribution in [2.24, 2.45) is 5.92 Å². The van der Waals surface area contributed by atoms with Crippen LogP contribution in [-0.4, -0.2) is 31.0 Å². The van der Waals surface area contributed by atoms with Crippen molar-refractivity contribution in [2.45, 2.75) is 31.7 Å². The molecule has 0 heterocycles. The number of carbonyl (C=O) groups is 1. The monoisotopic (exact) mass is 263 g/mol. The van der Waals surface area contributed by atoms with E-state index < -0.39 is 0 Å². The Hall–Kier alpha value is -0.0900. The molecule has 1 fully saturated rings. The molecule has 0 radical (unpaired) electrons. The number of hydrogen-bond acceptors (Lipinski definition) is 2. The number of halogens is 1. The van der Waals surface area contributed by atoms with Crippen LogP contribution >= 0.6 is 15.9 Å². The van der Waals surface area contributed by atoms with Crippen LogP contribution in [0.2, 0.25) is 0 Å². The second-order valence-electron chi connectivity index (χ2n) is 3.84. The number of amides is 1. The molecule has 4 heteroatoms. The molecule has 1 rings (SSSR count). The van der Waals surface area contributed by atoms with E-state index in [0.29, 0.717) is 18.9 Å². The Bertz CT molecular complexity index is 177. The van der Waals surface area contributed by atoms with Gasteiger partial charge < -0.3 is 10.1 Å². The normalized spacial score (nSPS) is 17.9. The lowest BCUT2D eigenvalue weighted by Gasteiger charge is -2.16. The molecule has 14 heavy (non-hydrogen) atoms. The van der Waals surface area contributed by atoms with Gasteiger partial charge in [-0.15, -0.1) is 0 Å². The van der Waals surface area contributed by atoms with Crippen molar-refractivity contribution < 1.29 is 9.53 Å². The first kappa shape index (κ1) is 12.0. The summed E-state index contributed by atoms with van der Waals surface area (Å²) in [4.78, 5) is 11.5. The molecule has 1 N–H and O–H groups in total. The maximum atomic E-state index is 11.5. The van der Waals surface area contributed by atoms with E-state index in [0.717, 1.165) is 11.8 Å². The number of methoxy groups -OCH3 is 1. The van der Waals surface area contributed by atoms with E-state index in [-0.39, 0.29) is 11.9 Å². The fourth-order valence-corrected chi connectivity index (χ4v) is 1.95. The quantitative estimate of drug-likeness (QED) is 0.711. The number of ether oxygens (including phenoxy) is 1. The Morgan fingerprint density at radius 2 is 2.36 bits per heavy atom. The Morgan fingerprint density at radius 1 is 1.64 bits per heavy atom. The van der Waals surface area contributed by atoms with Crippen LogP contribution in [-0.2, 0) is 9.53 Å². The van der Waals surface area contributed by atoms with Gasteiger partial charge >= 0.3 is 0 Å². The van der Waals surface area contributed by atoms with Crippen molar-refractivity contribution in [1.82, 2.24) is 5.32 Å². The minimum absolute atomic E-state index is 0.158. The van der Waals surface area contributed by atoms with E-state index in [1.807, 2.05) is 0 Å². The van der Waals surface area contributed by atoms with Crippen LogP contribution in [0, 0.1) is 5.92 Å². The van der Waals surface area contributed by atoms with Gasteiger partial charge in [0.2, 0.25) is 5.91 Å². The van der Waals surface area contributed by atoms with Gasteiger partial charge in [-0.2, -0.15) is 0 Å².